The highest BCUT2D eigenvalue weighted by Gasteiger charge is 2.25. The van der Waals surface area contributed by atoms with Gasteiger partial charge in [0, 0.05) is 63.4 Å². The number of likely N-dealkylation sites (N-methyl/N-ethyl adjacent to an activating group) is 1. The molecule has 0 spiro atoms. The number of carbonyl (C=O) groups is 1. The molecule has 2 aliphatic heterocycles. The van der Waals surface area contributed by atoms with Crippen molar-refractivity contribution < 1.29 is 4.79 Å². The van der Waals surface area contributed by atoms with E-state index in [2.05, 4.69) is 21.9 Å². The first kappa shape index (κ1) is 19.7. The van der Waals surface area contributed by atoms with Crippen molar-refractivity contribution in [3.63, 3.8) is 0 Å². The molecule has 0 aliphatic carbocycles. The molecule has 0 saturated carbocycles. The molecule has 0 unspecified atom stereocenters. The van der Waals surface area contributed by atoms with Crippen LogP contribution in [0.3, 0.4) is 0 Å². The quantitative estimate of drug-likeness (QED) is 0.636. The van der Waals surface area contributed by atoms with E-state index in [1.54, 1.807) is 16.8 Å². The lowest BCUT2D eigenvalue weighted by Crippen LogP contribution is -2.47. The van der Waals surface area contributed by atoms with Gasteiger partial charge in [0.1, 0.15) is 5.82 Å². The van der Waals surface area contributed by atoms with Crippen molar-refractivity contribution in [2.24, 2.45) is 0 Å². The lowest BCUT2D eigenvalue weighted by atomic mass is 10.0. The van der Waals surface area contributed by atoms with Crippen LogP contribution < -0.4 is 10.6 Å². The average Bonchev–Trinajstić information content (AvgIpc) is 3.13. The van der Waals surface area contributed by atoms with Gasteiger partial charge in [0.05, 0.1) is 5.56 Å². The number of hydrogen-bond donors (Lipinski definition) is 0. The zero-order valence-corrected chi connectivity index (χ0v) is 18.0. The van der Waals surface area contributed by atoms with E-state index in [0.29, 0.717) is 17.8 Å². The van der Waals surface area contributed by atoms with Crippen LogP contribution in [-0.2, 0) is 13.0 Å². The standard InChI is InChI=1S/C22H27N7O2/c1-3-29-22(31)28-8-6-18(14-19(28)24-29)27-7-4-5-16-13-17(15-23-20(16)27)21(30)26-11-9-25(2)10-12-26/h6,8,13-15H,3-5,7,9-12H2,1-2H3. The van der Waals surface area contributed by atoms with Crippen molar-refractivity contribution in [3.8, 4) is 0 Å². The molecule has 1 amide bonds. The number of nitrogens with zero attached hydrogens (tertiary/aromatic N) is 7. The van der Waals surface area contributed by atoms with E-state index in [0.717, 1.165) is 62.6 Å². The molecule has 3 aromatic rings. The summed E-state index contributed by atoms with van der Waals surface area (Å²) in [6, 6.07) is 5.85. The maximum atomic E-state index is 13.0. The molecule has 3 aromatic heterocycles. The molecule has 0 N–H and O–H groups in total. The summed E-state index contributed by atoms with van der Waals surface area (Å²) in [6.07, 6.45) is 5.34. The van der Waals surface area contributed by atoms with E-state index in [9.17, 15) is 9.59 Å². The van der Waals surface area contributed by atoms with Crippen LogP contribution in [0.5, 0.6) is 0 Å². The summed E-state index contributed by atoms with van der Waals surface area (Å²) in [5.74, 6) is 0.939. The van der Waals surface area contributed by atoms with Gasteiger partial charge in [-0.3, -0.25) is 9.20 Å². The lowest BCUT2D eigenvalue weighted by molar-refractivity contribution is 0.0663. The van der Waals surface area contributed by atoms with Crippen LogP contribution in [0.25, 0.3) is 5.65 Å². The third-order valence-corrected chi connectivity index (χ3v) is 6.24. The minimum atomic E-state index is -0.131. The predicted molar refractivity (Wildman–Crippen MR) is 118 cm³/mol. The van der Waals surface area contributed by atoms with E-state index >= 15 is 0 Å². The number of piperazine rings is 1. The molecular weight excluding hydrogens is 394 g/mol. The van der Waals surface area contributed by atoms with Gasteiger partial charge in [-0.15, -0.1) is 5.10 Å². The third kappa shape index (κ3) is 3.48. The molecule has 0 aromatic carbocycles. The zero-order valence-electron chi connectivity index (χ0n) is 18.0. The molecule has 1 saturated heterocycles. The summed E-state index contributed by atoms with van der Waals surface area (Å²) in [5, 5.41) is 4.40. The maximum Gasteiger partial charge on any atom is 0.350 e. The van der Waals surface area contributed by atoms with Crippen LogP contribution >= 0.6 is 0 Å². The molecule has 31 heavy (non-hydrogen) atoms. The highest BCUT2D eigenvalue weighted by molar-refractivity contribution is 5.94. The Morgan fingerprint density at radius 1 is 1.13 bits per heavy atom. The molecular formula is C22H27N7O2. The second-order valence-electron chi connectivity index (χ2n) is 8.27. The van der Waals surface area contributed by atoms with Crippen molar-refractivity contribution in [2.75, 3.05) is 44.7 Å². The number of amides is 1. The number of rotatable bonds is 3. The summed E-state index contributed by atoms with van der Waals surface area (Å²) in [5.41, 5.74) is 3.19. The Morgan fingerprint density at radius 2 is 1.94 bits per heavy atom. The highest BCUT2D eigenvalue weighted by Crippen LogP contribution is 2.32. The van der Waals surface area contributed by atoms with Crippen molar-refractivity contribution in [3.05, 3.63) is 52.2 Å². The first-order valence-corrected chi connectivity index (χ1v) is 10.9. The first-order valence-electron chi connectivity index (χ1n) is 10.9. The van der Waals surface area contributed by atoms with E-state index < -0.39 is 0 Å². The predicted octanol–water partition coefficient (Wildman–Crippen LogP) is 1.38. The van der Waals surface area contributed by atoms with E-state index in [1.165, 1.54) is 4.68 Å². The van der Waals surface area contributed by atoms with Crippen LogP contribution in [0.15, 0.2) is 35.4 Å². The SMILES string of the molecule is CCn1nc2cc(N3CCCc4cc(C(=O)N5CCN(C)CC5)cnc43)ccn2c1=O. The Balaban J connectivity index is 1.44. The normalized spacial score (nSPS) is 17.2. The van der Waals surface area contributed by atoms with Crippen LogP contribution in [0.1, 0.15) is 29.3 Å². The topological polar surface area (TPSA) is 79.0 Å². The van der Waals surface area contributed by atoms with Gasteiger partial charge in [-0.05, 0) is 44.5 Å². The van der Waals surface area contributed by atoms with Crippen molar-refractivity contribution >= 4 is 23.1 Å². The van der Waals surface area contributed by atoms with Crippen molar-refractivity contribution in [1.82, 2.24) is 29.0 Å². The van der Waals surface area contributed by atoms with Gasteiger partial charge < -0.3 is 14.7 Å². The van der Waals surface area contributed by atoms with Gasteiger partial charge in [-0.1, -0.05) is 0 Å². The summed E-state index contributed by atoms with van der Waals surface area (Å²) >= 11 is 0. The minimum Gasteiger partial charge on any atom is -0.336 e. The molecule has 0 atom stereocenters. The summed E-state index contributed by atoms with van der Waals surface area (Å²) in [6.45, 7) is 6.58. The number of pyridine rings is 2. The average molecular weight is 422 g/mol. The smallest absolute Gasteiger partial charge is 0.336 e. The van der Waals surface area contributed by atoms with E-state index in [-0.39, 0.29) is 11.6 Å². The molecule has 2 aliphatic rings. The van der Waals surface area contributed by atoms with E-state index in [4.69, 9.17) is 4.98 Å². The molecule has 5 heterocycles. The largest absolute Gasteiger partial charge is 0.350 e. The molecule has 0 radical (unpaired) electrons. The van der Waals surface area contributed by atoms with Gasteiger partial charge in [0.2, 0.25) is 0 Å². The molecule has 9 nitrogen and oxygen atoms in total. The lowest BCUT2D eigenvalue weighted by Gasteiger charge is -2.33. The second-order valence-corrected chi connectivity index (χ2v) is 8.27. The Kier molecular flexibility index (Phi) is 4.97. The van der Waals surface area contributed by atoms with Crippen LogP contribution in [0.4, 0.5) is 11.5 Å². The Morgan fingerprint density at radius 3 is 2.71 bits per heavy atom. The van der Waals surface area contributed by atoms with E-state index in [1.807, 2.05) is 30.0 Å². The molecule has 0 bridgehead atoms. The molecule has 162 valence electrons. The minimum absolute atomic E-state index is 0.0615. The van der Waals surface area contributed by atoms with Gasteiger partial charge >= 0.3 is 5.69 Å². The van der Waals surface area contributed by atoms with Gasteiger partial charge in [0.15, 0.2) is 5.65 Å². The highest BCUT2D eigenvalue weighted by atomic mass is 16.2. The first-order chi connectivity index (χ1) is 15.0. The molecule has 5 rings (SSSR count). The van der Waals surface area contributed by atoms with Gasteiger partial charge in [-0.2, -0.15) is 0 Å². The number of anilines is 2. The van der Waals surface area contributed by atoms with Crippen molar-refractivity contribution in [1.29, 1.82) is 0 Å². The number of fused-ring (bicyclic) bond motifs is 2. The van der Waals surface area contributed by atoms with Gasteiger partial charge in [-0.25, -0.2) is 14.5 Å². The number of aromatic nitrogens is 4. The van der Waals surface area contributed by atoms with Crippen LogP contribution in [0.2, 0.25) is 0 Å². The summed E-state index contributed by atoms with van der Waals surface area (Å²) in [7, 11) is 2.08. The van der Waals surface area contributed by atoms with Crippen LogP contribution in [0, 0.1) is 0 Å². The van der Waals surface area contributed by atoms with Crippen molar-refractivity contribution in [2.45, 2.75) is 26.3 Å². The summed E-state index contributed by atoms with van der Waals surface area (Å²) < 4.78 is 3.01. The monoisotopic (exact) mass is 421 g/mol. The van der Waals surface area contributed by atoms with Gasteiger partial charge in [0.25, 0.3) is 5.91 Å². The second kappa shape index (κ2) is 7.81. The third-order valence-electron chi connectivity index (χ3n) is 6.24. The fourth-order valence-electron chi connectivity index (χ4n) is 4.40. The Bertz CT molecular complexity index is 1190. The molecule has 9 heteroatoms. The Labute approximate surface area is 180 Å². The molecule has 1 fully saturated rings. The zero-order chi connectivity index (χ0) is 21.5. The number of aryl methyl sites for hydroxylation is 2. The summed E-state index contributed by atoms with van der Waals surface area (Å²) in [4.78, 5) is 36.3. The Hall–Kier alpha value is -3.20. The number of carbonyl (C=O) groups excluding carboxylic acids is 1. The fraction of sp³-hybridized carbons (Fsp3) is 0.455. The maximum absolute atomic E-state index is 13.0. The fourth-order valence-corrected chi connectivity index (χ4v) is 4.40. The number of hydrogen-bond acceptors (Lipinski definition) is 6. The van der Waals surface area contributed by atoms with Crippen LogP contribution in [-0.4, -0.2) is 74.6 Å².